The number of primary amides is 1. The van der Waals surface area contributed by atoms with Crippen LogP contribution in [0.1, 0.15) is 17.3 Å². The molecule has 0 heterocycles. The molecule has 1 aromatic carbocycles. The molecule has 0 saturated carbocycles. The monoisotopic (exact) mass is 309 g/mol. The maximum absolute atomic E-state index is 12.0. The molecule has 1 rings (SSSR count). The van der Waals surface area contributed by atoms with E-state index in [-0.39, 0.29) is 5.56 Å². The number of benzene rings is 1. The lowest BCUT2D eigenvalue weighted by Crippen LogP contribution is -2.37. The van der Waals surface area contributed by atoms with Gasteiger partial charge in [0.1, 0.15) is 0 Å². The van der Waals surface area contributed by atoms with E-state index in [1.807, 2.05) is 0 Å². The van der Waals surface area contributed by atoms with E-state index in [4.69, 9.17) is 15.2 Å². The zero-order chi connectivity index (χ0) is 16.5. The summed E-state index contributed by atoms with van der Waals surface area (Å²) in [5.74, 6) is -1.10. The number of methoxy groups -OCH3 is 1. The molecule has 8 heteroatoms. The summed E-state index contributed by atoms with van der Waals surface area (Å²) in [6.45, 7) is 2.16. The highest BCUT2D eigenvalue weighted by Gasteiger charge is 2.18. The van der Waals surface area contributed by atoms with Crippen molar-refractivity contribution in [2.24, 2.45) is 5.73 Å². The summed E-state index contributed by atoms with van der Waals surface area (Å²) >= 11 is 0. The molecule has 0 radical (unpaired) electrons. The van der Waals surface area contributed by atoms with Gasteiger partial charge in [0.05, 0.1) is 12.2 Å². The molecule has 1 atom stereocenters. The Morgan fingerprint density at radius 1 is 1.32 bits per heavy atom. The van der Waals surface area contributed by atoms with Gasteiger partial charge in [-0.15, -0.1) is 0 Å². The molecule has 0 bridgehead atoms. The fraction of sp³-hybridized carbons (Fsp3) is 0.357. The fourth-order valence-electron chi connectivity index (χ4n) is 1.57. The predicted octanol–water partition coefficient (Wildman–Crippen LogP) is 0.485. The largest absolute Gasteiger partial charge is 0.449 e. The van der Waals surface area contributed by atoms with E-state index in [0.717, 1.165) is 0 Å². The third-order valence-corrected chi connectivity index (χ3v) is 2.62. The second-order valence-electron chi connectivity index (χ2n) is 4.40. The lowest BCUT2D eigenvalue weighted by Gasteiger charge is -2.13. The molecule has 8 nitrogen and oxygen atoms in total. The van der Waals surface area contributed by atoms with Gasteiger partial charge in [-0.1, -0.05) is 6.07 Å². The molecule has 22 heavy (non-hydrogen) atoms. The highest BCUT2D eigenvalue weighted by Crippen LogP contribution is 2.12. The van der Waals surface area contributed by atoms with Crippen LogP contribution in [-0.4, -0.2) is 44.3 Å². The van der Waals surface area contributed by atoms with Crippen molar-refractivity contribution in [1.29, 1.82) is 0 Å². The average molecular weight is 309 g/mol. The van der Waals surface area contributed by atoms with Gasteiger partial charge < -0.3 is 25.8 Å². The summed E-state index contributed by atoms with van der Waals surface area (Å²) in [7, 11) is 1.52. The standard InChI is InChI=1S/C14H19N3O5/c1-9(12(18)16-6-7-21-2)22-13(19)10-4-3-5-11(8-10)17-14(15)20/h3-5,8-9H,6-7H2,1-2H3,(H,16,18)(H3,15,17,20)/t9-/m0/s1. The van der Waals surface area contributed by atoms with E-state index in [1.54, 1.807) is 12.1 Å². The van der Waals surface area contributed by atoms with Crippen LogP contribution in [0.15, 0.2) is 24.3 Å². The van der Waals surface area contributed by atoms with Gasteiger partial charge in [-0.05, 0) is 25.1 Å². The maximum Gasteiger partial charge on any atom is 0.338 e. The van der Waals surface area contributed by atoms with Gasteiger partial charge in [0.2, 0.25) is 0 Å². The van der Waals surface area contributed by atoms with Gasteiger partial charge in [0.15, 0.2) is 6.10 Å². The van der Waals surface area contributed by atoms with Crippen LogP contribution in [0.5, 0.6) is 0 Å². The molecule has 4 N–H and O–H groups in total. The number of esters is 1. The van der Waals surface area contributed by atoms with Gasteiger partial charge >= 0.3 is 12.0 Å². The second-order valence-corrected chi connectivity index (χ2v) is 4.40. The number of hydrogen-bond acceptors (Lipinski definition) is 5. The summed E-state index contributed by atoms with van der Waals surface area (Å²) in [6.07, 6.45) is -0.947. The first kappa shape index (κ1) is 17.4. The first-order valence-corrected chi connectivity index (χ1v) is 6.58. The maximum atomic E-state index is 12.0. The minimum atomic E-state index is -0.947. The molecule has 1 aromatic rings. The Hall–Kier alpha value is -2.61. The van der Waals surface area contributed by atoms with Crippen molar-refractivity contribution in [3.8, 4) is 0 Å². The normalized spacial score (nSPS) is 11.4. The van der Waals surface area contributed by atoms with Gasteiger partial charge in [-0.2, -0.15) is 0 Å². The molecular formula is C14H19N3O5. The van der Waals surface area contributed by atoms with Gasteiger partial charge in [-0.3, -0.25) is 4.79 Å². The van der Waals surface area contributed by atoms with Crippen molar-refractivity contribution in [2.45, 2.75) is 13.0 Å². The van der Waals surface area contributed by atoms with Gasteiger partial charge in [0.25, 0.3) is 5.91 Å². The van der Waals surface area contributed by atoms with Crippen LogP contribution in [-0.2, 0) is 14.3 Å². The Labute approximate surface area is 128 Å². The van der Waals surface area contributed by atoms with Crippen LogP contribution < -0.4 is 16.4 Å². The Bertz CT molecular complexity index is 547. The minimum Gasteiger partial charge on any atom is -0.449 e. The lowest BCUT2D eigenvalue weighted by molar-refractivity contribution is -0.129. The Morgan fingerprint density at radius 3 is 2.68 bits per heavy atom. The molecule has 120 valence electrons. The van der Waals surface area contributed by atoms with Crippen molar-refractivity contribution in [2.75, 3.05) is 25.6 Å². The molecular weight excluding hydrogens is 290 g/mol. The van der Waals surface area contributed by atoms with Crippen molar-refractivity contribution in [3.63, 3.8) is 0 Å². The third kappa shape index (κ3) is 5.80. The highest BCUT2D eigenvalue weighted by molar-refractivity contribution is 5.94. The summed E-state index contributed by atoms with van der Waals surface area (Å²) in [4.78, 5) is 34.4. The molecule has 0 aliphatic heterocycles. The van der Waals surface area contributed by atoms with Crippen molar-refractivity contribution < 1.29 is 23.9 Å². The number of carbonyl (C=O) groups is 3. The summed E-state index contributed by atoms with van der Waals surface area (Å²) in [6, 6.07) is 5.30. The summed E-state index contributed by atoms with van der Waals surface area (Å²) < 4.78 is 9.85. The quantitative estimate of drug-likeness (QED) is 0.500. The van der Waals surface area contributed by atoms with Crippen LogP contribution in [0.3, 0.4) is 0 Å². The fourth-order valence-corrected chi connectivity index (χ4v) is 1.57. The number of nitrogens with two attached hydrogens (primary N) is 1. The van der Waals surface area contributed by atoms with Crippen LogP contribution in [0.25, 0.3) is 0 Å². The zero-order valence-electron chi connectivity index (χ0n) is 12.4. The predicted molar refractivity (Wildman–Crippen MR) is 79.4 cm³/mol. The van der Waals surface area contributed by atoms with E-state index in [1.165, 1.54) is 26.2 Å². The van der Waals surface area contributed by atoms with E-state index in [2.05, 4.69) is 10.6 Å². The first-order valence-electron chi connectivity index (χ1n) is 6.58. The molecule has 0 fully saturated rings. The number of urea groups is 1. The number of amides is 3. The number of hydrogen-bond donors (Lipinski definition) is 3. The van der Waals surface area contributed by atoms with Crippen LogP contribution in [0.4, 0.5) is 10.5 Å². The topological polar surface area (TPSA) is 120 Å². The molecule has 0 aromatic heterocycles. The van der Waals surface area contributed by atoms with E-state index < -0.39 is 24.0 Å². The molecule has 0 aliphatic rings. The van der Waals surface area contributed by atoms with E-state index in [9.17, 15) is 14.4 Å². The van der Waals surface area contributed by atoms with Gasteiger partial charge in [0, 0.05) is 19.3 Å². The number of nitrogens with one attached hydrogen (secondary N) is 2. The first-order chi connectivity index (χ1) is 10.4. The Kier molecular flexibility index (Phi) is 6.84. The van der Waals surface area contributed by atoms with Crippen LogP contribution >= 0.6 is 0 Å². The van der Waals surface area contributed by atoms with Crippen molar-refractivity contribution in [1.82, 2.24) is 5.32 Å². The number of anilines is 1. The summed E-state index contributed by atoms with van der Waals surface area (Å²) in [5, 5.41) is 4.91. The van der Waals surface area contributed by atoms with E-state index in [0.29, 0.717) is 18.8 Å². The van der Waals surface area contributed by atoms with Crippen LogP contribution in [0, 0.1) is 0 Å². The number of ether oxygens (including phenoxy) is 2. The van der Waals surface area contributed by atoms with E-state index >= 15 is 0 Å². The molecule has 0 unspecified atom stereocenters. The molecule has 0 aliphatic carbocycles. The van der Waals surface area contributed by atoms with Crippen LogP contribution in [0.2, 0.25) is 0 Å². The molecule has 3 amide bonds. The van der Waals surface area contributed by atoms with Gasteiger partial charge in [-0.25, -0.2) is 9.59 Å². The van der Waals surface area contributed by atoms with Crippen molar-refractivity contribution >= 4 is 23.6 Å². The third-order valence-electron chi connectivity index (χ3n) is 2.62. The molecule has 0 spiro atoms. The Morgan fingerprint density at radius 2 is 2.05 bits per heavy atom. The SMILES string of the molecule is COCCNC(=O)[C@H](C)OC(=O)c1cccc(NC(N)=O)c1. The number of carbonyl (C=O) groups excluding carboxylic acids is 3. The smallest absolute Gasteiger partial charge is 0.338 e. The zero-order valence-corrected chi connectivity index (χ0v) is 12.4. The molecule has 0 saturated heterocycles. The average Bonchev–Trinajstić information content (AvgIpc) is 2.46. The van der Waals surface area contributed by atoms with Crippen molar-refractivity contribution in [3.05, 3.63) is 29.8 Å². The number of rotatable bonds is 7. The summed E-state index contributed by atoms with van der Waals surface area (Å²) in [5.41, 5.74) is 5.56. The highest BCUT2D eigenvalue weighted by atomic mass is 16.5. The Balaban J connectivity index is 2.60. The lowest BCUT2D eigenvalue weighted by atomic mass is 10.2. The minimum absolute atomic E-state index is 0.197. The second kappa shape index (κ2) is 8.63.